The van der Waals surface area contributed by atoms with Gasteiger partial charge in [-0.25, -0.2) is 4.79 Å². The lowest BCUT2D eigenvalue weighted by Crippen LogP contribution is -1.82. The van der Waals surface area contributed by atoms with E-state index < -0.39 is 5.97 Å². The summed E-state index contributed by atoms with van der Waals surface area (Å²) in [6.07, 6.45) is 0.833. The highest BCUT2D eigenvalue weighted by molar-refractivity contribution is 6.40. The van der Waals surface area contributed by atoms with Gasteiger partial charge in [-0.05, 0) is 0 Å². The Morgan fingerprint density at radius 1 is 1.75 bits per heavy atom. The molecule has 0 aliphatic rings. The molecule has 0 aromatic heterocycles. The summed E-state index contributed by atoms with van der Waals surface area (Å²) < 4.78 is 0. The average Bonchev–Trinajstić information content (AvgIpc) is 1.69. The number of carbonyl (C=O) groups is 1. The van der Waals surface area contributed by atoms with E-state index in [1.54, 1.807) is 0 Å². The predicted octanol–water partition coefficient (Wildman–Crippen LogP) is 1.68. The Labute approximate surface area is 57.7 Å². The van der Waals surface area contributed by atoms with Crippen LogP contribution in [-0.2, 0) is 4.79 Å². The number of alkyl halides is 2. The van der Waals surface area contributed by atoms with Crippen LogP contribution < -0.4 is 0 Å². The molecule has 1 N–H and O–H groups in total. The minimum absolute atomic E-state index is 0.194. The Morgan fingerprint density at radius 3 is 1.88 bits per heavy atom. The molecular weight excluding hydrogens is 151 g/mol. The molecule has 0 aromatic carbocycles. The van der Waals surface area contributed by atoms with Crippen molar-refractivity contribution in [3.05, 3.63) is 12.7 Å². The van der Waals surface area contributed by atoms with Crippen LogP contribution in [0.15, 0.2) is 12.7 Å². The van der Waals surface area contributed by atoms with Crippen molar-refractivity contribution in [2.24, 2.45) is 0 Å². The van der Waals surface area contributed by atoms with Crippen LogP contribution in [0.2, 0.25) is 0 Å². The number of carboxylic acids is 1. The second-order valence-electron chi connectivity index (χ2n) is 0.643. The molecule has 0 atom stereocenters. The third-order valence-electron chi connectivity index (χ3n) is 0.175. The van der Waals surface area contributed by atoms with Crippen molar-refractivity contribution in [1.29, 1.82) is 0 Å². The molecule has 0 spiro atoms. The molecule has 4 heteroatoms. The van der Waals surface area contributed by atoms with Gasteiger partial charge in [0.05, 0.1) is 5.34 Å². The lowest BCUT2D eigenvalue weighted by molar-refractivity contribution is -0.131. The number of hydrogen-bond donors (Lipinski definition) is 1. The zero-order valence-electron chi connectivity index (χ0n) is 4.10. The van der Waals surface area contributed by atoms with Gasteiger partial charge in [-0.1, -0.05) is 6.58 Å². The monoisotopic (exact) mass is 156 g/mol. The van der Waals surface area contributed by atoms with Crippen LogP contribution in [0, 0.1) is 0 Å². The third-order valence-corrected chi connectivity index (χ3v) is 0.175. The van der Waals surface area contributed by atoms with E-state index in [9.17, 15) is 4.79 Å². The van der Waals surface area contributed by atoms with Gasteiger partial charge in [0.15, 0.2) is 0 Å². The molecule has 0 amide bonds. The summed E-state index contributed by atoms with van der Waals surface area (Å²) >= 11 is 9.53. The highest BCUT2D eigenvalue weighted by Gasteiger charge is 1.73. The molecule has 0 saturated heterocycles. The van der Waals surface area contributed by atoms with Gasteiger partial charge in [-0.3, -0.25) is 0 Å². The molecular formula is C4H6Cl2O2. The number of hydrogen-bond acceptors (Lipinski definition) is 1. The van der Waals surface area contributed by atoms with Crippen LogP contribution >= 0.6 is 23.2 Å². The number of rotatable bonds is 1. The highest BCUT2D eigenvalue weighted by Crippen LogP contribution is 1.73. The Hall–Kier alpha value is -0.210. The van der Waals surface area contributed by atoms with Crippen molar-refractivity contribution in [2.45, 2.75) is 0 Å². The van der Waals surface area contributed by atoms with Gasteiger partial charge in [0.25, 0.3) is 0 Å². The molecule has 0 fully saturated rings. The normalized spacial score (nSPS) is 6.25. The van der Waals surface area contributed by atoms with Gasteiger partial charge in [-0.15, -0.1) is 23.2 Å². The van der Waals surface area contributed by atoms with Crippen LogP contribution in [-0.4, -0.2) is 16.4 Å². The average molecular weight is 157 g/mol. The zero-order chi connectivity index (χ0) is 6.99. The van der Waals surface area contributed by atoms with Crippen LogP contribution in [0.3, 0.4) is 0 Å². The maximum atomic E-state index is 9.25. The summed E-state index contributed by atoms with van der Waals surface area (Å²) in [6.45, 7) is 2.96. The summed E-state index contributed by atoms with van der Waals surface area (Å²) in [4.78, 5) is 9.25. The lowest BCUT2D eigenvalue weighted by atomic mass is 10.7. The molecule has 0 aliphatic heterocycles. The van der Waals surface area contributed by atoms with Gasteiger partial charge >= 0.3 is 5.97 Å². The quantitative estimate of drug-likeness (QED) is 0.464. The molecule has 0 aliphatic carbocycles. The Morgan fingerprint density at radius 2 is 1.88 bits per heavy atom. The van der Waals surface area contributed by atoms with Crippen molar-refractivity contribution >= 4 is 29.2 Å². The van der Waals surface area contributed by atoms with Crippen molar-refractivity contribution in [2.75, 3.05) is 5.34 Å². The van der Waals surface area contributed by atoms with Crippen LogP contribution in [0.5, 0.6) is 0 Å². The van der Waals surface area contributed by atoms with Crippen molar-refractivity contribution in [3.63, 3.8) is 0 Å². The first-order valence-electron chi connectivity index (χ1n) is 1.66. The Balaban J connectivity index is 0. The molecule has 0 rings (SSSR count). The van der Waals surface area contributed by atoms with E-state index >= 15 is 0 Å². The fourth-order valence-electron chi connectivity index (χ4n) is 0. The second-order valence-corrected chi connectivity index (χ2v) is 1.45. The Kier molecular flexibility index (Phi) is 13.3. The summed E-state index contributed by atoms with van der Waals surface area (Å²) in [5, 5.41) is 7.80. The molecule has 2 nitrogen and oxygen atoms in total. The minimum atomic E-state index is -0.981. The lowest BCUT2D eigenvalue weighted by Gasteiger charge is -1.64. The largest absolute Gasteiger partial charge is 0.478 e. The van der Waals surface area contributed by atoms with E-state index in [0.29, 0.717) is 0 Å². The Bertz CT molecular complexity index is 72.4. The standard InChI is InChI=1S/C3H4O2.CH2Cl2/c1-2-3(4)5;2-1-3/h2H,1H2,(H,4,5);1H2. The molecule has 0 radical (unpaired) electrons. The van der Waals surface area contributed by atoms with Gasteiger partial charge in [0, 0.05) is 6.08 Å². The first-order valence-corrected chi connectivity index (χ1v) is 2.73. The van der Waals surface area contributed by atoms with E-state index in [0.717, 1.165) is 6.08 Å². The topological polar surface area (TPSA) is 37.3 Å². The summed E-state index contributed by atoms with van der Waals surface area (Å²) in [7, 11) is 0. The smallest absolute Gasteiger partial charge is 0.327 e. The number of halogens is 2. The second kappa shape index (κ2) is 9.92. The van der Waals surface area contributed by atoms with E-state index in [-0.39, 0.29) is 5.34 Å². The van der Waals surface area contributed by atoms with Crippen LogP contribution in [0.4, 0.5) is 0 Å². The van der Waals surface area contributed by atoms with E-state index in [4.69, 9.17) is 28.3 Å². The van der Waals surface area contributed by atoms with E-state index in [2.05, 4.69) is 6.58 Å². The van der Waals surface area contributed by atoms with Gasteiger partial charge < -0.3 is 5.11 Å². The molecule has 0 unspecified atom stereocenters. The van der Waals surface area contributed by atoms with Gasteiger partial charge in [0.1, 0.15) is 0 Å². The van der Waals surface area contributed by atoms with Crippen molar-refractivity contribution < 1.29 is 9.90 Å². The molecule has 0 heterocycles. The molecule has 8 heavy (non-hydrogen) atoms. The van der Waals surface area contributed by atoms with Gasteiger partial charge in [0.2, 0.25) is 0 Å². The van der Waals surface area contributed by atoms with Gasteiger partial charge in [-0.2, -0.15) is 0 Å². The van der Waals surface area contributed by atoms with E-state index in [1.165, 1.54) is 0 Å². The highest BCUT2D eigenvalue weighted by atomic mass is 35.5. The first kappa shape index (κ1) is 10.7. The van der Waals surface area contributed by atoms with Crippen LogP contribution in [0.1, 0.15) is 0 Å². The molecule has 0 aromatic rings. The number of aliphatic carboxylic acids is 1. The zero-order valence-corrected chi connectivity index (χ0v) is 5.61. The molecule has 0 saturated carbocycles. The summed E-state index contributed by atoms with van der Waals surface area (Å²) in [5.41, 5.74) is 0. The predicted molar refractivity (Wildman–Crippen MR) is 34.4 cm³/mol. The summed E-state index contributed by atoms with van der Waals surface area (Å²) in [5.74, 6) is -0.981. The third kappa shape index (κ3) is 41.5. The summed E-state index contributed by atoms with van der Waals surface area (Å²) in [6, 6.07) is 0. The molecule has 48 valence electrons. The molecule has 0 bridgehead atoms. The maximum Gasteiger partial charge on any atom is 0.327 e. The first-order chi connectivity index (χ1) is 3.68. The number of carboxylic acid groups (broad SMARTS) is 1. The van der Waals surface area contributed by atoms with E-state index in [1.807, 2.05) is 0 Å². The van der Waals surface area contributed by atoms with Crippen molar-refractivity contribution in [1.82, 2.24) is 0 Å². The fourth-order valence-corrected chi connectivity index (χ4v) is 0. The SMILES string of the molecule is C=CC(=O)O.ClCCl. The van der Waals surface area contributed by atoms with Crippen LogP contribution in [0.25, 0.3) is 0 Å². The maximum absolute atomic E-state index is 9.25. The fraction of sp³-hybridized carbons (Fsp3) is 0.250. The van der Waals surface area contributed by atoms with Crippen molar-refractivity contribution in [3.8, 4) is 0 Å². The minimum Gasteiger partial charge on any atom is -0.478 e.